The molecule has 0 N–H and O–H groups in total. The fourth-order valence-electron chi connectivity index (χ4n) is 2.63. The first-order valence-electron chi connectivity index (χ1n) is 6.76. The molecule has 0 bridgehead atoms. The number of benzene rings is 2. The molecule has 0 saturated heterocycles. The largest absolute Gasteiger partial charge is 0.330 e. The van der Waals surface area contributed by atoms with Crippen molar-refractivity contribution in [2.24, 2.45) is 0 Å². The summed E-state index contributed by atoms with van der Waals surface area (Å²) < 4.78 is 0. The highest BCUT2D eigenvalue weighted by Gasteiger charge is 2.36. The van der Waals surface area contributed by atoms with E-state index < -0.39 is 27.1 Å². The molecule has 0 atom stereocenters. The van der Waals surface area contributed by atoms with Gasteiger partial charge in [0.1, 0.15) is 0 Å². The van der Waals surface area contributed by atoms with E-state index in [1.54, 1.807) is 0 Å². The molecule has 8 nitrogen and oxygen atoms in total. The number of fused-ring (bicyclic) bond motifs is 1. The monoisotopic (exact) mass is 313 g/mol. The summed E-state index contributed by atoms with van der Waals surface area (Å²) in [7, 11) is 0. The minimum atomic E-state index is -0.736. The summed E-state index contributed by atoms with van der Waals surface area (Å²) in [4.78, 5) is 34.5. The second kappa shape index (κ2) is 5.48. The molecule has 0 fully saturated rings. The Morgan fingerprint density at radius 3 is 2.35 bits per heavy atom. The second-order valence-electron chi connectivity index (χ2n) is 5.15. The third-order valence-electron chi connectivity index (χ3n) is 3.70. The number of hydrogen-bond acceptors (Lipinski definition) is 5. The lowest BCUT2D eigenvalue weighted by Gasteiger charge is -2.15. The van der Waals surface area contributed by atoms with Gasteiger partial charge in [-0.2, -0.15) is 0 Å². The van der Waals surface area contributed by atoms with Crippen LogP contribution in [-0.2, 0) is 13.1 Å². The molecular formula is C15H11N3O5. The topological polar surface area (TPSA) is 107 Å². The van der Waals surface area contributed by atoms with Gasteiger partial charge in [0.25, 0.3) is 17.3 Å². The minimum Gasteiger partial charge on any atom is -0.330 e. The summed E-state index contributed by atoms with van der Waals surface area (Å²) >= 11 is 0. The van der Waals surface area contributed by atoms with E-state index in [0.29, 0.717) is 6.54 Å². The highest BCUT2D eigenvalue weighted by molar-refractivity contribution is 6.00. The van der Waals surface area contributed by atoms with Crippen LogP contribution in [0.15, 0.2) is 42.5 Å². The lowest BCUT2D eigenvalue weighted by Crippen LogP contribution is -2.23. The average Bonchev–Trinajstić information content (AvgIpc) is 2.83. The number of hydrogen-bond donors (Lipinski definition) is 0. The van der Waals surface area contributed by atoms with E-state index in [0.717, 1.165) is 17.7 Å². The molecule has 0 unspecified atom stereocenters. The molecule has 2 aromatic carbocycles. The molecule has 8 heteroatoms. The van der Waals surface area contributed by atoms with Gasteiger partial charge in [0.05, 0.1) is 33.6 Å². The predicted octanol–water partition coefficient (Wildman–Crippen LogP) is 2.66. The number of carbonyl (C=O) groups is 1. The van der Waals surface area contributed by atoms with Crippen molar-refractivity contribution in [1.29, 1.82) is 0 Å². The minimum absolute atomic E-state index is 0.0295. The first-order chi connectivity index (χ1) is 11.0. The van der Waals surface area contributed by atoms with Gasteiger partial charge in [0.2, 0.25) is 0 Å². The molecule has 1 aliphatic heterocycles. The Balaban J connectivity index is 2.00. The zero-order chi connectivity index (χ0) is 16.6. The van der Waals surface area contributed by atoms with Crippen LogP contribution in [0.4, 0.5) is 11.4 Å². The summed E-state index contributed by atoms with van der Waals surface area (Å²) in [5, 5.41) is 22.1. The second-order valence-corrected chi connectivity index (χ2v) is 5.15. The van der Waals surface area contributed by atoms with Crippen molar-refractivity contribution in [1.82, 2.24) is 4.90 Å². The predicted molar refractivity (Wildman–Crippen MR) is 79.8 cm³/mol. The normalized spacial score (nSPS) is 13.0. The van der Waals surface area contributed by atoms with Gasteiger partial charge in [-0.3, -0.25) is 25.0 Å². The fourth-order valence-corrected chi connectivity index (χ4v) is 2.63. The van der Waals surface area contributed by atoms with Crippen molar-refractivity contribution in [3.8, 4) is 0 Å². The molecule has 1 aliphatic rings. The van der Waals surface area contributed by atoms with Crippen LogP contribution in [-0.4, -0.2) is 20.7 Å². The number of nitro benzene ring substituents is 2. The summed E-state index contributed by atoms with van der Waals surface area (Å²) in [5.41, 5.74) is 0.289. The van der Waals surface area contributed by atoms with E-state index in [2.05, 4.69) is 0 Å². The van der Waals surface area contributed by atoms with Gasteiger partial charge in [-0.1, -0.05) is 30.3 Å². The summed E-state index contributed by atoms with van der Waals surface area (Å²) in [6.07, 6.45) is 0. The van der Waals surface area contributed by atoms with Crippen LogP contribution >= 0.6 is 0 Å². The van der Waals surface area contributed by atoms with Crippen molar-refractivity contribution in [3.63, 3.8) is 0 Å². The van der Waals surface area contributed by atoms with E-state index in [9.17, 15) is 25.0 Å². The zero-order valence-corrected chi connectivity index (χ0v) is 11.8. The number of nitrogens with zero attached hydrogens (tertiary/aromatic N) is 3. The summed E-state index contributed by atoms with van der Waals surface area (Å²) in [5.74, 6) is -0.435. The Morgan fingerprint density at radius 1 is 1.04 bits per heavy atom. The van der Waals surface area contributed by atoms with E-state index in [4.69, 9.17) is 0 Å². The molecular weight excluding hydrogens is 302 g/mol. The van der Waals surface area contributed by atoms with Gasteiger partial charge in [-0.05, 0) is 5.56 Å². The molecule has 0 radical (unpaired) electrons. The first-order valence-corrected chi connectivity index (χ1v) is 6.76. The van der Waals surface area contributed by atoms with Crippen LogP contribution in [0.5, 0.6) is 0 Å². The standard InChI is InChI=1S/C15H11N3O5/c19-15-12-6-11(17(20)21)7-14(18(22)23)13(12)9-16(15)8-10-4-2-1-3-5-10/h1-7H,8-9H2. The molecule has 0 aromatic heterocycles. The number of nitro groups is 2. The Hall–Kier alpha value is -3.29. The summed E-state index contributed by atoms with van der Waals surface area (Å²) in [6, 6.07) is 11.2. The first kappa shape index (κ1) is 14.6. The number of rotatable bonds is 4. The van der Waals surface area contributed by atoms with Gasteiger partial charge < -0.3 is 4.90 Å². The molecule has 0 saturated carbocycles. The van der Waals surface area contributed by atoms with Gasteiger partial charge in [-0.15, -0.1) is 0 Å². The Labute approximate surface area is 130 Å². The lowest BCUT2D eigenvalue weighted by atomic mass is 10.1. The van der Waals surface area contributed by atoms with Gasteiger partial charge >= 0.3 is 0 Å². The molecule has 116 valence electrons. The van der Waals surface area contributed by atoms with Crippen molar-refractivity contribution in [2.75, 3.05) is 0 Å². The summed E-state index contributed by atoms with van der Waals surface area (Å²) in [6.45, 7) is 0.358. The molecule has 1 heterocycles. The fraction of sp³-hybridized carbons (Fsp3) is 0.133. The molecule has 1 amide bonds. The third-order valence-corrected chi connectivity index (χ3v) is 3.70. The molecule has 0 spiro atoms. The average molecular weight is 313 g/mol. The maximum absolute atomic E-state index is 12.4. The van der Waals surface area contributed by atoms with Gasteiger partial charge in [0.15, 0.2) is 0 Å². The molecule has 23 heavy (non-hydrogen) atoms. The molecule has 3 rings (SSSR count). The third kappa shape index (κ3) is 2.61. The maximum Gasteiger partial charge on any atom is 0.282 e. The Morgan fingerprint density at radius 2 is 1.74 bits per heavy atom. The SMILES string of the molecule is O=C1c2cc([N+](=O)[O-])cc([N+](=O)[O-])c2CN1Cc1ccccc1. The molecule has 2 aromatic rings. The van der Waals surface area contributed by atoms with E-state index in [1.807, 2.05) is 30.3 Å². The van der Waals surface area contributed by atoms with Crippen LogP contribution in [0.3, 0.4) is 0 Å². The van der Waals surface area contributed by atoms with Crippen LogP contribution in [0, 0.1) is 20.2 Å². The van der Waals surface area contributed by atoms with E-state index in [-0.39, 0.29) is 17.7 Å². The van der Waals surface area contributed by atoms with Crippen molar-refractivity contribution < 1.29 is 14.6 Å². The van der Waals surface area contributed by atoms with Crippen molar-refractivity contribution in [2.45, 2.75) is 13.1 Å². The van der Waals surface area contributed by atoms with E-state index >= 15 is 0 Å². The number of amides is 1. The van der Waals surface area contributed by atoms with Gasteiger partial charge in [-0.25, -0.2) is 0 Å². The quantitative estimate of drug-likeness (QED) is 0.637. The number of carbonyl (C=O) groups excluding carboxylic acids is 1. The van der Waals surface area contributed by atoms with Crippen LogP contribution in [0.2, 0.25) is 0 Å². The Kier molecular flexibility index (Phi) is 3.49. The van der Waals surface area contributed by atoms with Crippen molar-refractivity contribution in [3.05, 3.63) is 79.4 Å². The maximum atomic E-state index is 12.4. The van der Waals surface area contributed by atoms with E-state index in [1.165, 1.54) is 4.90 Å². The lowest BCUT2D eigenvalue weighted by molar-refractivity contribution is -0.394. The van der Waals surface area contributed by atoms with Crippen molar-refractivity contribution >= 4 is 17.3 Å². The van der Waals surface area contributed by atoms with Gasteiger partial charge in [0, 0.05) is 12.6 Å². The smallest absolute Gasteiger partial charge is 0.282 e. The van der Waals surface area contributed by atoms with Crippen LogP contribution in [0.25, 0.3) is 0 Å². The highest BCUT2D eigenvalue weighted by atomic mass is 16.6. The molecule has 0 aliphatic carbocycles. The van der Waals surface area contributed by atoms with Crippen LogP contribution in [0.1, 0.15) is 21.5 Å². The Bertz CT molecular complexity index is 819. The highest BCUT2D eigenvalue weighted by Crippen LogP contribution is 2.35. The number of non-ortho nitro benzene ring substituents is 1. The van der Waals surface area contributed by atoms with Crippen LogP contribution < -0.4 is 0 Å². The zero-order valence-electron chi connectivity index (χ0n) is 11.8.